The molecule has 5 nitrogen and oxygen atoms in total. The van der Waals surface area contributed by atoms with Crippen LogP contribution >= 0.6 is 0 Å². The molecule has 0 atom stereocenters. The van der Waals surface area contributed by atoms with Crippen LogP contribution in [-0.4, -0.2) is 43.1 Å². The second-order valence-corrected chi connectivity index (χ2v) is 8.62. The molecule has 0 bridgehead atoms. The lowest BCUT2D eigenvalue weighted by atomic mass is 10.0. The first-order chi connectivity index (χ1) is 16.0. The molecule has 1 amide bonds. The van der Waals surface area contributed by atoms with Gasteiger partial charge < -0.3 is 19.5 Å². The van der Waals surface area contributed by atoms with Crippen molar-refractivity contribution in [2.24, 2.45) is 0 Å². The average molecular weight is 442 g/mol. The van der Waals surface area contributed by atoms with Crippen molar-refractivity contribution in [3.8, 4) is 5.75 Å². The molecule has 4 aromatic rings. The summed E-state index contributed by atoms with van der Waals surface area (Å²) in [7, 11) is 5.83. The third-order valence-corrected chi connectivity index (χ3v) is 5.76. The second-order valence-electron chi connectivity index (χ2n) is 8.62. The number of ether oxygens (including phenoxy) is 1. The molecule has 1 heterocycles. The van der Waals surface area contributed by atoms with Gasteiger partial charge in [0.25, 0.3) is 5.91 Å². The van der Waals surface area contributed by atoms with E-state index >= 15 is 0 Å². The minimum atomic E-state index is -0.129. The molecule has 0 saturated heterocycles. The molecule has 5 heteroatoms. The molecule has 33 heavy (non-hydrogen) atoms. The highest BCUT2D eigenvalue weighted by Gasteiger charge is 2.09. The Morgan fingerprint density at radius 1 is 0.970 bits per heavy atom. The summed E-state index contributed by atoms with van der Waals surface area (Å²) in [4.78, 5) is 15.0. The molecular formula is C28H31N3O2. The number of carbonyl (C=O) groups is 1. The Labute approximate surface area is 195 Å². The first-order valence-electron chi connectivity index (χ1n) is 11.3. The zero-order valence-corrected chi connectivity index (χ0v) is 19.5. The minimum absolute atomic E-state index is 0.129. The number of fused-ring (bicyclic) bond motifs is 1. The van der Waals surface area contributed by atoms with Gasteiger partial charge in [-0.3, -0.25) is 4.79 Å². The van der Waals surface area contributed by atoms with Gasteiger partial charge in [0.05, 0.1) is 7.11 Å². The molecule has 0 aliphatic heterocycles. The van der Waals surface area contributed by atoms with E-state index in [0.717, 1.165) is 31.5 Å². The van der Waals surface area contributed by atoms with Crippen molar-refractivity contribution in [1.29, 1.82) is 0 Å². The zero-order valence-electron chi connectivity index (χ0n) is 19.5. The van der Waals surface area contributed by atoms with Crippen LogP contribution in [0.1, 0.15) is 27.9 Å². The van der Waals surface area contributed by atoms with Crippen LogP contribution in [0.15, 0.2) is 79.0 Å². The van der Waals surface area contributed by atoms with Gasteiger partial charge in [0.1, 0.15) is 5.75 Å². The van der Waals surface area contributed by atoms with Crippen LogP contribution in [0, 0.1) is 0 Å². The molecule has 0 aliphatic carbocycles. The SMILES string of the molecule is COc1cccc(NC(=O)c2cccc(Cc3ccc4c(ccn4CCCN(C)C)c3)c2)c1. The van der Waals surface area contributed by atoms with Gasteiger partial charge in [-0.15, -0.1) is 0 Å². The fourth-order valence-corrected chi connectivity index (χ4v) is 4.07. The minimum Gasteiger partial charge on any atom is -0.497 e. The molecule has 1 aromatic heterocycles. The number of aryl methyl sites for hydroxylation is 1. The Balaban J connectivity index is 1.44. The van der Waals surface area contributed by atoms with E-state index in [1.165, 1.54) is 16.5 Å². The topological polar surface area (TPSA) is 46.5 Å². The van der Waals surface area contributed by atoms with E-state index in [-0.39, 0.29) is 5.91 Å². The summed E-state index contributed by atoms with van der Waals surface area (Å²) < 4.78 is 7.56. The number of rotatable bonds is 9. The van der Waals surface area contributed by atoms with Crippen LogP contribution in [0.4, 0.5) is 5.69 Å². The Kier molecular flexibility index (Phi) is 7.10. The number of carbonyl (C=O) groups excluding carboxylic acids is 1. The van der Waals surface area contributed by atoms with Gasteiger partial charge in [0.2, 0.25) is 0 Å². The Morgan fingerprint density at radius 2 is 1.79 bits per heavy atom. The van der Waals surface area contributed by atoms with Crippen LogP contribution in [0.3, 0.4) is 0 Å². The van der Waals surface area contributed by atoms with Gasteiger partial charge >= 0.3 is 0 Å². The van der Waals surface area contributed by atoms with E-state index in [1.54, 1.807) is 7.11 Å². The Bertz CT molecular complexity index is 1240. The lowest BCUT2D eigenvalue weighted by molar-refractivity contribution is 0.102. The lowest BCUT2D eigenvalue weighted by Crippen LogP contribution is -2.14. The number of nitrogens with one attached hydrogen (secondary N) is 1. The highest BCUT2D eigenvalue weighted by atomic mass is 16.5. The molecule has 0 unspecified atom stereocenters. The van der Waals surface area contributed by atoms with E-state index in [9.17, 15) is 4.79 Å². The smallest absolute Gasteiger partial charge is 0.255 e. The maximum Gasteiger partial charge on any atom is 0.255 e. The first kappa shape index (κ1) is 22.6. The lowest BCUT2D eigenvalue weighted by Gasteiger charge is -2.11. The van der Waals surface area contributed by atoms with Crippen LogP contribution in [-0.2, 0) is 13.0 Å². The monoisotopic (exact) mass is 441 g/mol. The standard InChI is InChI=1S/C28H31N3O2/c1-30(2)14-6-15-31-16-13-23-18-22(11-12-27(23)31)17-21-7-4-8-24(19-21)28(32)29-25-9-5-10-26(20-25)33-3/h4-5,7-13,16,18-20H,6,14-15,17H2,1-3H3,(H,29,32). The summed E-state index contributed by atoms with van der Waals surface area (Å²) in [6.07, 6.45) is 4.08. The third kappa shape index (κ3) is 5.82. The molecule has 0 fully saturated rings. The summed E-state index contributed by atoms with van der Waals surface area (Å²) in [5.74, 6) is 0.582. The van der Waals surface area contributed by atoms with Gasteiger partial charge in [-0.1, -0.05) is 24.3 Å². The average Bonchev–Trinajstić information content (AvgIpc) is 3.21. The first-order valence-corrected chi connectivity index (χ1v) is 11.3. The summed E-state index contributed by atoms with van der Waals surface area (Å²) in [6.45, 7) is 2.10. The molecule has 0 spiro atoms. The quantitative estimate of drug-likeness (QED) is 0.376. The van der Waals surface area contributed by atoms with Crippen LogP contribution in [0.2, 0.25) is 0 Å². The number of aromatic nitrogens is 1. The summed E-state index contributed by atoms with van der Waals surface area (Å²) in [5.41, 5.74) is 4.97. The molecule has 0 radical (unpaired) electrons. The fourth-order valence-electron chi connectivity index (χ4n) is 4.07. The van der Waals surface area contributed by atoms with E-state index < -0.39 is 0 Å². The predicted octanol–water partition coefficient (Wildman–Crippen LogP) is 5.44. The zero-order chi connectivity index (χ0) is 23.2. The predicted molar refractivity (Wildman–Crippen MR) is 135 cm³/mol. The van der Waals surface area contributed by atoms with E-state index in [1.807, 2.05) is 42.5 Å². The van der Waals surface area contributed by atoms with Crippen molar-refractivity contribution in [1.82, 2.24) is 9.47 Å². The van der Waals surface area contributed by atoms with Crippen LogP contribution < -0.4 is 10.1 Å². The molecule has 4 rings (SSSR count). The molecule has 1 N–H and O–H groups in total. The number of benzene rings is 3. The summed E-state index contributed by atoms with van der Waals surface area (Å²) >= 11 is 0. The van der Waals surface area contributed by atoms with Crippen molar-refractivity contribution in [2.45, 2.75) is 19.4 Å². The summed E-state index contributed by atoms with van der Waals surface area (Å²) in [5, 5.41) is 4.20. The van der Waals surface area contributed by atoms with Crippen LogP contribution in [0.5, 0.6) is 5.75 Å². The number of hydrogen-bond acceptors (Lipinski definition) is 3. The van der Waals surface area contributed by atoms with Gasteiger partial charge in [-0.05, 0) is 92.5 Å². The number of anilines is 1. The molecule has 0 saturated carbocycles. The van der Waals surface area contributed by atoms with Crippen molar-refractivity contribution < 1.29 is 9.53 Å². The van der Waals surface area contributed by atoms with Crippen molar-refractivity contribution in [3.63, 3.8) is 0 Å². The summed E-state index contributed by atoms with van der Waals surface area (Å²) in [6, 6.07) is 24.0. The largest absolute Gasteiger partial charge is 0.497 e. The van der Waals surface area contributed by atoms with Crippen LogP contribution in [0.25, 0.3) is 10.9 Å². The number of amides is 1. The maximum atomic E-state index is 12.8. The molecular weight excluding hydrogens is 410 g/mol. The van der Waals surface area contributed by atoms with Gasteiger partial charge in [-0.2, -0.15) is 0 Å². The van der Waals surface area contributed by atoms with E-state index in [2.05, 4.69) is 65.4 Å². The fraction of sp³-hybridized carbons (Fsp3) is 0.250. The van der Waals surface area contributed by atoms with Crippen molar-refractivity contribution >= 4 is 22.5 Å². The molecule has 3 aromatic carbocycles. The number of methoxy groups -OCH3 is 1. The van der Waals surface area contributed by atoms with E-state index in [4.69, 9.17) is 4.74 Å². The normalized spacial score (nSPS) is 11.2. The second kappa shape index (κ2) is 10.4. The Morgan fingerprint density at radius 3 is 2.61 bits per heavy atom. The molecule has 0 aliphatic rings. The van der Waals surface area contributed by atoms with Crippen molar-refractivity contribution in [2.75, 3.05) is 33.1 Å². The maximum absolute atomic E-state index is 12.8. The number of hydrogen-bond donors (Lipinski definition) is 1. The van der Waals surface area contributed by atoms with E-state index in [0.29, 0.717) is 17.0 Å². The van der Waals surface area contributed by atoms with Gasteiger partial charge in [0, 0.05) is 35.6 Å². The number of nitrogens with zero attached hydrogens (tertiary/aromatic N) is 2. The molecule has 170 valence electrons. The van der Waals surface area contributed by atoms with Crippen molar-refractivity contribution in [3.05, 3.63) is 95.7 Å². The Hall–Kier alpha value is -3.57. The highest BCUT2D eigenvalue weighted by Crippen LogP contribution is 2.21. The van der Waals surface area contributed by atoms with Gasteiger partial charge in [-0.25, -0.2) is 0 Å². The third-order valence-electron chi connectivity index (χ3n) is 5.76. The van der Waals surface area contributed by atoms with Gasteiger partial charge in [0.15, 0.2) is 0 Å². The highest BCUT2D eigenvalue weighted by molar-refractivity contribution is 6.04.